The SMILES string of the molecule is CC(C)CCC1OC(C)(C)C(C)(C)O1. The molecule has 0 amide bonds. The molecule has 1 aliphatic heterocycles. The summed E-state index contributed by atoms with van der Waals surface area (Å²) in [6, 6.07) is 0. The quantitative estimate of drug-likeness (QED) is 0.695. The van der Waals surface area contributed by atoms with Crippen molar-refractivity contribution >= 4 is 0 Å². The maximum Gasteiger partial charge on any atom is 0.159 e. The highest BCUT2D eigenvalue weighted by Gasteiger charge is 2.48. The van der Waals surface area contributed by atoms with Crippen molar-refractivity contribution in [2.45, 2.75) is 71.9 Å². The van der Waals surface area contributed by atoms with E-state index in [9.17, 15) is 0 Å². The summed E-state index contributed by atoms with van der Waals surface area (Å²) in [4.78, 5) is 0. The van der Waals surface area contributed by atoms with Crippen molar-refractivity contribution in [3.8, 4) is 0 Å². The van der Waals surface area contributed by atoms with E-state index in [2.05, 4.69) is 41.5 Å². The molecule has 1 rings (SSSR count). The minimum atomic E-state index is -0.172. The Labute approximate surface area is 88.0 Å². The van der Waals surface area contributed by atoms with E-state index < -0.39 is 0 Å². The normalized spacial score (nSPS) is 25.9. The Bertz CT molecular complexity index is 178. The molecule has 1 saturated heterocycles. The lowest BCUT2D eigenvalue weighted by Gasteiger charge is -2.30. The van der Waals surface area contributed by atoms with Crippen LogP contribution in [0.5, 0.6) is 0 Å². The zero-order chi connectivity index (χ0) is 11.0. The highest BCUT2D eigenvalue weighted by molar-refractivity contribution is 4.94. The molecule has 1 fully saturated rings. The first-order valence-corrected chi connectivity index (χ1v) is 5.60. The van der Waals surface area contributed by atoms with E-state index >= 15 is 0 Å². The summed E-state index contributed by atoms with van der Waals surface area (Å²) in [5.41, 5.74) is -0.344. The van der Waals surface area contributed by atoms with Crippen LogP contribution in [-0.4, -0.2) is 17.5 Å². The van der Waals surface area contributed by atoms with Gasteiger partial charge in [-0.3, -0.25) is 0 Å². The Balaban J connectivity index is 2.47. The van der Waals surface area contributed by atoms with Gasteiger partial charge in [-0.2, -0.15) is 0 Å². The second-order valence-electron chi connectivity index (χ2n) is 5.66. The van der Waals surface area contributed by atoms with Crippen molar-refractivity contribution in [3.63, 3.8) is 0 Å². The van der Waals surface area contributed by atoms with Crippen molar-refractivity contribution < 1.29 is 9.47 Å². The molecule has 1 heterocycles. The topological polar surface area (TPSA) is 18.5 Å². The lowest BCUT2D eigenvalue weighted by molar-refractivity contribution is -0.0925. The number of hydrogen-bond donors (Lipinski definition) is 0. The Morgan fingerprint density at radius 2 is 1.43 bits per heavy atom. The molecule has 0 aliphatic carbocycles. The zero-order valence-electron chi connectivity index (χ0n) is 10.4. The van der Waals surface area contributed by atoms with Crippen LogP contribution in [0.25, 0.3) is 0 Å². The van der Waals surface area contributed by atoms with E-state index in [1.807, 2.05) is 0 Å². The summed E-state index contributed by atoms with van der Waals surface area (Å²) in [5, 5.41) is 0. The van der Waals surface area contributed by atoms with E-state index in [-0.39, 0.29) is 17.5 Å². The lowest BCUT2D eigenvalue weighted by Crippen LogP contribution is -2.41. The summed E-state index contributed by atoms with van der Waals surface area (Å²) in [6.07, 6.45) is 2.16. The van der Waals surface area contributed by atoms with Crippen LogP contribution >= 0.6 is 0 Å². The molecule has 14 heavy (non-hydrogen) atoms. The molecule has 0 radical (unpaired) electrons. The van der Waals surface area contributed by atoms with Gasteiger partial charge in [0.25, 0.3) is 0 Å². The smallest absolute Gasteiger partial charge is 0.159 e. The highest BCUT2D eigenvalue weighted by atomic mass is 16.7. The van der Waals surface area contributed by atoms with E-state index in [0.717, 1.165) is 12.8 Å². The van der Waals surface area contributed by atoms with Crippen LogP contribution in [0, 0.1) is 5.92 Å². The monoisotopic (exact) mass is 200 g/mol. The van der Waals surface area contributed by atoms with Crippen molar-refractivity contribution in [1.82, 2.24) is 0 Å². The van der Waals surface area contributed by atoms with Gasteiger partial charge in [0.15, 0.2) is 6.29 Å². The Kier molecular flexibility index (Phi) is 3.27. The molecule has 0 N–H and O–H groups in total. The molecule has 1 aliphatic rings. The van der Waals surface area contributed by atoms with Gasteiger partial charge in [0.1, 0.15) is 0 Å². The van der Waals surface area contributed by atoms with Gasteiger partial charge in [0.05, 0.1) is 11.2 Å². The van der Waals surface area contributed by atoms with Crippen LogP contribution in [0.2, 0.25) is 0 Å². The summed E-state index contributed by atoms with van der Waals surface area (Å²) in [5.74, 6) is 0.717. The summed E-state index contributed by atoms with van der Waals surface area (Å²) < 4.78 is 11.8. The molecular formula is C12H24O2. The number of hydrogen-bond acceptors (Lipinski definition) is 2. The first kappa shape index (κ1) is 12.0. The van der Waals surface area contributed by atoms with Crippen LogP contribution in [0.1, 0.15) is 54.4 Å². The highest BCUT2D eigenvalue weighted by Crippen LogP contribution is 2.39. The van der Waals surface area contributed by atoms with E-state index in [0.29, 0.717) is 5.92 Å². The number of ether oxygens (including phenoxy) is 2. The Morgan fingerprint density at radius 1 is 1.00 bits per heavy atom. The largest absolute Gasteiger partial charge is 0.344 e. The second kappa shape index (κ2) is 3.82. The van der Waals surface area contributed by atoms with Crippen molar-refractivity contribution in [1.29, 1.82) is 0 Å². The second-order valence-corrected chi connectivity index (χ2v) is 5.66. The van der Waals surface area contributed by atoms with Gasteiger partial charge in [0, 0.05) is 0 Å². The predicted octanol–water partition coefficient (Wildman–Crippen LogP) is 3.35. The minimum absolute atomic E-state index is 0.0117. The van der Waals surface area contributed by atoms with Crippen LogP contribution in [0.15, 0.2) is 0 Å². The van der Waals surface area contributed by atoms with Crippen LogP contribution in [0.3, 0.4) is 0 Å². The maximum absolute atomic E-state index is 5.89. The zero-order valence-corrected chi connectivity index (χ0v) is 10.4. The van der Waals surface area contributed by atoms with Crippen molar-refractivity contribution in [2.75, 3.05) is 0 Å². The third kappa shape index (κ3) is 2.48. The fourth-order valence-electron chi connectivity index (χ4n) is 1.55. The molecule has 2 heteroatoms. The third-order valence-corrected chi connectivity index (χ3v) is 3.28. The number of rotatable bonds is 3. The molecule has 0 aromatic heterocycles. The molecule has 0 atom stereocenters. The molecule has 0 bridgehead atoms. The molecule has 0 aromatic rings. The molecule has 2 nitrogen and oxygen atoms in total. The average molecular weight is 200 g/mol. The summed E-state index contributed by atoms with van der Waals surface area (Å²) in [6.45, 7) is 12.9. The molecular weight excluding hydrogens is 176 g/mol. The van der Waals surface area contributed by atoms with Gasteiger partial charge in [-0.15, -0.1) is 0 Å². The third-order valence-electron chi connectivity index (χ3n) is 3.28. The molecule has 0 aromatic carbocycles. The lowest BCUT2D eigenvalue weighted by atomic mass is 9.90. The Morgan fingerprint density at radius 3 is 1.79 bits per heavy atom. The van der Waals surface area contributed by atoms with Crippen LogP contribution in [0.4, 0.5) is 0 Å². The fourth-order valence-corrected chi connectivity index (χ4v) is 1.55. The summed E-state index contributed by atoms with van der Waals surface area (Å²) >= 11 is 0. The first-order valence-electron chi connectivity index (χ1n) is 5.60. The predicted molar refractivity (Wildman–Crippen MR) is 58.2 cm³/mol. The van der Waals surface area contributed by atoms with E-state index in [4.69, 9.17) is 9.47 Å². The van der Waals surface area contributed by atoms with Crippen LogP contribution in [-0.2, 0) is 9.47 Å². The van der Waals surface area contributed by atoms with Gasteiger partial charge < -0.3 is 9.47 Å². The van der Waals surface area contributed by atoms with Crippen LogP contribution < -0.4 is 0 Å². The van der Waals surface area contributed by atoms with Gasteiger partial charge >= 0.3 is 0 Å². The molecule has 0 spiro atoms. The van der Waals surface area contributed by atoms with Crippen molar-refractivity contribution in [3.05, 3.63) is 0 Å². The van der Waals surface area contributed by atoms with Gasteiger partial charge in [-0.1, -0.05) is 13.8 Å². The molecule has 0 saturated carbocycles. The van der Waals surface area contributed by atoms with E-state index in [1.54, 1.807) is 0 Å². The average Bonchev–Trinajstić information content (AvgIpc) is 2.17. The van der Waals surface area contributed by atoms with E-state index in [1.165, 1.54) is 0 Å². The summed E-state index contributed by atoms with van der Waals surface area (Å²) in [7, 11) is 0. The van der Waals surface area contributed by atoms with Gasteiger partial charge in [0.2, 0.25) is 0 Å². The van der Waals surface area contributed by atoms with Gasteiger partial charge in [-0.05, 0) is 46.5 Å². The van der Waals surface area contributed by atoms with Crippen molar-refractivity contribution in [2.24, 2.45) is 5.92 Å². The maximum atomic E-state index is 5.89. The Hall–Kier alpha value is -0.0800. The minimum Gasteiger partial charge on any atom is -0.344 e. The fraction of sp³-hybridized carbons (Fsp3) is 1.00. The standard InChI is InChI=1S/C12H24O2/c1-9(2)7-8-10-13-11(3,4)12(5,6)14-10/h9-10H,7-8H2,1-6H3. The first-order chi connectivity index (χ1) is 6.24. The molecule has 0 unspecified atom stereocenters. The van der Waals surface area contributed by atoms with Gasteiger partial charge in [-0.25, -0.2) is 0 Å². The molecule has 84 valence electrons.